The zero-order valence-corrected chi connectivity index (χ0v) is 11.3. The van der Waals surface area contributed by atoms with Gasteiger partial charge in [0.2, 0.25) is 0 Å². The Balaban J connectivity index is 2.40. The maximum Gasteiger partial charge on any atom is 0.156 e. The predicted octanol–water partition coefficient (Wildman–Crippen LogP) is 3.47. The van der Waals surface area contributed by atoms with E-state index in [2.05, 4.69) is 4.98 Å². The highest BCUT2D eigenvalue weighted by molar-refractivity contribution is 7.80. The van der Waals surface area contributed by atoms with Gasteiger partial charge in [0.15, 0.2) is 5.75 Å². The van der Waals surface area contributed by atoms with E-state index in [0.717, 1.165) is 5.56 Å². The lowest BCUT2D eigenvalue weighted by molar-refractivity contribution is 0.475. The van der Waals surface area contributed by atoms with E-state index in [4.69, 9.17) is 34.3 Å². The molecule has 0 radical (unpaired) electrons. The molecule has 0 fully saturated rings. The minimum atomic E-state index is 0.199. The molecule has 2 N–H and O–H groups in total. The second-order valence-corrected chi connectivity index (χ2v) is 4.60. The summed E-state index contributed by atoms with van der Waals surface area (Å²) in [5.41, 5.74) is 7.03. The lowest BCUT2D eigenvalue weighted by Crippen LogP contribution is -2.12. The summed E-state index contributed by atoms with van der Waals surface area (Å²) >= 11 is 10.9. The second kappa shape index (κ2) is 5.33. The Hall–Kier alpha value is -1.65. The van der Waals surface area contributed by atoms with Crippen molar-refractivity contribution in [1.29, 1.82) is 0 Å². The Morgan fingerprint density at radius 1 is 1.33 bits per heavy atom. The van der Waals surface area contributed by atoms with E-state index < -0.39 is 0 Å². The highest BCUT2D eigenvalue weighted by Gasteiger charge is 2.10. The van der Waals surface area contributed by atoms with Crippen LogP contribution in [0.1, 0.15) is 11.3 Å². The van der Waals surface area contributed by atoms with Crippen LogP contribution in [0.2, 0.25) is 5.02 Å². The van der Waals surface area contributed by atoms with Crippen molar-refractivity contribution in [2.45, 2.75) is 6.92 Å². The number of benzene rings is 1. The number of hydrogen-bond donors (Lipinski definition) is 1. The number of rotatable bonds is 3. The molecule has 0 aliphatic heterocycles. The van der Waals surface area contributed by atoms with Crippen molar-refractivity contribution in [2.24, 2.45) is 5.73 Å². The topological polar surface area (TPSA) is 48.1 Å². The van der Waals surface area contributed by atoms with Gasteiger partial charge in [-0.1, -0.05) is 29.9 Å². The van der Waals surface area contributed by atoms with E-state index in [0.29, 0.717) is 22.2 Å². The molecule has 1 aromatic carbocycles. The molecular weight excluding hydrogens is 268 g/mol. The summed E-state index contributed by atoms with van der Waals surface area (Å²) in [4.78, 5) is 4.30. The minimum Gasteiger partial charge on any atom is -0.455 e. The third-order valence-corrected chi connectivity index (χ3v) is 2.80. The van der Waals surface area contributed by atoms with Crippen molar-refractivity contribution < 1.29 is 4.74 Å². The number of pyridine rings is 1. The molecular formula is C13H11ClN2OS. The average molecular weight is 279 g/mol. The SMILES string of the molecule is Cc1ccc(Cl)cc1Oc1cccnc1C(N)=S. The first-order valence-corrected chi connectivity index (χ1v) is 6.05. The molecule has 1 aromatic heterocycles. The smallest absolute Gasteiger partial charge is 0.156 e. The lowest BCUT2D eigenvalue weighted by Gasteiger charge is -2.11. The summed E-state index contributed by atoms with van der Waals surface area (Å²) in [7, 11) is 0. The third kappa shape index (κ3) is 2.78. The Bertz CT molecular complexity index is 601. The highest BCUT2D eigenvalue weighted by atomic mass is 35.5. The molecule has 0 atom stereocenters. The van der Waals surface area contributed by atoms with E-state index in [1.54, 1.807) is 24.4 Å². The maximum absolute atomic E-state index is 5.94. The fraction of sp³-hybridized carbons (Fsp3) is 0.0769. The molecule has 18 heavy (non-hydrogen) atoms. The fourth-order valence-corrected chi connectivity index (χ4v) is 1.78. The van der Waals surface area contributed by atoms with Crippen molar-refractivity contribution in [3.8, 4) is 11.5 Å². The van der Waals surface area contributed by atoms with Gasteiger partial charge in [-0.05, 0) is 36.8 Å². The summed E-state index contributed by atoms with van der Waals surface area (Å²) in [5.74, 6) is 1.18. The molecule has 2 aromatic rings. The van der Waals surface area contributed by atoms with Crippen LogP contribution in [0.3, 0.4) is 0 Å². The minimum absolute atomic E-state index is 0.199. The average Bonchev–Trinajstić information content (AvgIpc) is 2.34. The number of nitrogens with two attached hydrogens (primary N) is 1. The lowest BCUT2D eigenvalue weighted by atomic mass is 10.2. The summed E-state index contributed by atoms with van der Waals surface area (Å²) in [6.07, 6.45) is 1.62. The molecule has 2 rings (SSSR count). The van der Waals surface area contributed by atoms with E-state index in [-0.39, 0.29) is 4.99 Å². The Morgan fingerprint density at radius 2 is 2.11 bits per heavy atom. The van der Waals surface area contributed by atoms with Gasteiger partial charge in [0.05, 0.1) is 0 Å². The van der Waals surface area contributed by atoms with Gasteiger partial charge in [-0.3, -0.25) is 0 Å². The number of hydrogen-bond acceptors (Lipinski definition) is 3. The summed E-state index contributed by atoms with van der Waals surface area (Å²) in [6, 6.07) is 8.96. The van der Waals surface area contributed by atoms with Crippen LogP contribution in [0.25, 0.3) is 0 Å². The molecule has 0 spiro atoms. The number of nitrogens with zero attached hydrogens (tertiary/aromatic N) is 1. The first-order chi connectivity index (χ1) is 8.58. The zero-order chi connectivity index (χ0) is 13.1. The van der Waals surface area contributed by atoms with Crippen LogP contribution in [-0.4, -0.2) is 9.97 Å². The molecule has 0 saturated carbocycles. The van der Waals surface area contributed by atoms with Gasteiger partial charge >= 0.3 is 0 Å². The molecule has 0 bridgehead atoms. The van der Waals surface area contributed by atoms with Crippen LogP contribution in [0, 0.1) is 6.92 Å². The van der Waals surface area contributed by atoms with Crippen molar-refractivity contribution >= 4 is 28.8 Å². The van der Waals surface area contributed by atoms with Crippen LogP contribution in [0.5, 0.6) is 11.5 Å². The van der Waals surface area contributed by atoms with Crippen molar-refractivity contribution in [1.82, 2.24) is 4.98 Å². The van der Waals surface area contributed by atoms with Crippen LogP contribution in [-0.2, 0) is 0 Å². The summed E-state index contributed by atoms with van der Waals surface area (Å²) in [6.45, 7) is 1.93. The number of halogens is 1. The van der Waals surface area contributed by atoms with Crippen molar-refractivity contribution in [3.05, 3.63) is 52.8 Å². The molecule has 0 saturated heterocycles. The molecule has 0 unspecified atom stereocenters. The molecule has 5 heteroatoms. The molecule has 0 amide bonds. The monoisotopic (exact) mass is 278 g/mol. The number of aromatic nitrogens is 1. The molecule has 1 heterocycles. The normalized spacial score (nSPS) is 10.1. The van der Waals surface area contributed by atoms with Gasteiger partial charge in [-0.15, -0.1) is 0 Å². The van der Waals surface area contributed by atoms with Crippen LogP contribution < -0.4 is 10.5 Å². The van der Waals surface area contributed by atoms with E-state index >= 15 is 0 Å². The van der Waals surface area contributed by atoms with Gasteiger partial charge in [-0.2, -0.15) is 0 Å². The predicted molar refractivity (Wildman–Crippen MR) is 76.4 cm³/mol. The van der Waals surface area contributed by atoms with Gasteiger partial charge in [0.1, 0.15) is 16.4 Å². The van der Waals surface area contributed by atoms with Crippen molar-refractivity contribution in [2.75, 3.05) is 0 Å². The van der Waals surface area contributed by atoms with E-state index in [1.807, 2.05) is 19.1 Å². The number of thiocarbonyl (C=S) groups is 1. The van der Waals surface area contributed by atoms with Gasteiger partial charge in [0.25, 0.3) is 0 Å². The standard InChI is InChI=1S/C13H11ClN2OS/c1-8-4-5-9(14)7-11(8)17-10-3-2-6-16-12(10)13(15)18/h2-7H,1H3,(H2,15,18). The summed E-state index contributed by atoms with van der Waals surface area (Å²) in [5, 5.41) is 0.608. The first kappa shape index (κ1) is 12.8. The number of ether oxygens (including phenoxy) is 1. The van der Waals surface area contributed by atoms with Gasteiger partial charge < -0.3 is 10.5 Å². The quantitative estimate of drug-likeness (QED) is 0.874. The molecule has 3 nitrogen and oxygen atoms in total. The molecule has 0 aliphatic rings. The van der Waals surface area contributed by atoms with E-state index in [1.165, 1.54) is 0 Å². The second-order valence-electron chi connectivity index (χ2n) is 3.73. The largest absolute Gasteiger partial charge is 0.455 e. The highest BCUT2D eigenvalue weighted by Crippen LogP contribution is 2.29. The number of aryl methyl sites for hydroxylation is 1. The molecule has 0 aliphatic carbocycles. The Kier molecular flexibility index (Phi) is 3.79. The van der Waals surface area contributed by atoms with Crippen LogP contribution in [0.4, 0.5) is 0 Å². The maximum atomic E-state index is 5.94. The van der Waals surface area contributed by atoms with Crippen LogP contribution in [0.15, 0.2) is 36.5 Å². The first-order valence-electron chi connectivity index (χ1n) is 5.27. The van der Waals surface area contributed by atoms with Gasteiger partial charge in [-0.25, -0.2) is 4.98 Å². The van der Waals surface area contributed by atoms with Gasteiger partial charge in [0, 0.05) is 11.2 Å². The van der Waals surface area contributed by atoms with Crippen LogP contribution >= 0.6 is 23.8 Å². The third-order valence-electron chi connectivity index (χ3n) is 2.37. The molecule has 92 valence electrons. The Labute approximate surface area is 116 Å². The van der Waals surface area contributed by atoms with E-state index in [9.17, 15) is 0 Å². The Morgan fingerprint density at radius 3 is 2.83 bits per heavy atom. The van der Waals surface area contributed by atoms with Crippen molar-refractivity contribution in [3.63, 3.8) is 0 Å². The summed E-state index contributed by atoms with van der Waals surface area (Å²) < 4.78 is 5.77. The zero-order valence-electron chi connectivity index (χ0n) is 9.68. The fourth-order valence-electron chi connectivity index (χ4n) is 1.46.